The number of hydrogen-bond acceptors (Lipinski definition) is 4. The molecule has 0 bridgehead atoms. The van der Waals surface area contributed by atoms with Gasteiger partial charge in [-0.1, -0.05) is 37.3 Å². The molecular formula is C25H35N3O2. The third-order valence-corrected chi connectivity index (χ3v) is 6.44. The fourth-order valence-electron chi connectivity index (χ4n) is 4.31. The molecule has 5 nitrogen and oxygen atoms in total. The largest absolute Gasteiger partial charge is 0.466 e. The monoisotopic (exact) mass is 409 g/mol. The number of aryl methyl sites for hydroxylation is 1. The lowest BCUT2D eigenvalue weighted by Crippen LogP contribution is -2.46. The van der Waals surface area contributed by atoms with Crippen molar-refractivity contribution in [2.45, 2.75) is 45.1 Å². The van der Waals surface area contributed by atoms with E-state index in [2.05, 4.69) is 58.4 Å². The highest BCUT2D eigenvalue weighted by Crippen LogP contribution is 2.47. The fraction of sp³-hybridized carbons (Fsp3) is 0.560. The van der Waals surface area contributed by atoms with E-state index in [9.17, 15) is 4.79 Å². The van der Waals surface area contributed by atoms with Gasteiger partial charge >= 0.3 is 0 Å². The van der Waals surface area contributed by atoms with Gasteiger partial charge in [-0.05, 0) is 43.0 Å². The van der Waals surface area contributed by atoms with Crippen molar-refractivity contribution in [2.24, 2.45) is 5.92 Å². The van der Waals surface area contributed by atoms with Crippen LogP contribution >= 0.6 is 0 Å². The summed E-state index contributed by atoms with van der Waals surface area (Å²) in [4.78, 5) is 17.2. The van der Waals surface area contributed by atoms with Crippen LogP contribution in [0.15, 0.2) is 46.9 Å². The Labute approximate surface area is 180 Å². The number of nitrogens with one attached hydrogen (secondary N) is 1. The minimum Gasteiger partial charge on any atom is -0.466 e. The predicted octanol–water partition coefficient (Wildman–Crippen LogP) is 3.66. The molecular weight excluding hydrogens is 374 g/mol. The molecule has 0 radical (unpaired) electrons. The van der Waals surface area contributed by atoms with Gasteiger partial charge in [-0.2, -0.15) is 0 Å². The van der Waals surface area contributed by atoms with Crippen LogP contribution in [0.2, 0.25) is 0 Å². The van der Waals surface area contributed by atoms with Crippen LogP contribution < -0.4 is 5.32 Å². The van der Waals surface area contributed by atoms with Crippen LogP contribution in [-0.2, 0) is 17.8 Å². The number of carbonyl (C=O) groups is 1. The van der Waals surface area contributed by atoms with Crippen LogP contribution in [0.3, 0.4) is 0 Å². The molecule has 2 fully saturated rings. The quantitative estimate of drug-likeness (QED) is 0.609. The summed E-state index contributed by atoms with van der Waals surface area (Å²) in [6.07, 6.45) is 3.44. The maximum absolute atomic E-state index is 12.1. The highest BCUT2D eigenvalue weighted by atomic mass is 16.3. The van der Waals surface area contributed by atoms with Crippen molar-refractivity contribution in [3.05, 3.63) is 59.5 Å². The number of nitrogens with zero attached hydrogens (tertiary/aromatic N) is 2. The van der Waals surface area contributed by atoms with Gasteiger partial charge in [0.15, 0.2) is 0 Å². The van der Waals surface area contributed by atoms with E-state index in [4.69, 9.17) is 4.42 Å². The number of furan rings is 1. The van der Waals surface area contributed by atoms with Crippen molar-refractivity contribution in [3.8, 4) is 0 Å². The number of amides is 1. The van der Waals surface area contributed by atoms with Crippen LogP contribution in [0.4, 0.5) is 0 Å². The molecule has 1 saturated heterocycles. The van der Waals surface area contributed by atoms with Crippen molar-refractivity contribution in [1.29, 1.82) is 0 Å². The van der Waals surface area contributed by atoms with Crippen molar-refractivity contribution in [3.63, 3.8) is 0 Å². The average molecular weight is 410 g/mol. The normalized spacial score (nSPS) is 22.2. The standard InChI is InChI=1S/C25H35N3O2/c1-20-18-23(20)24-10-8-22(30-24)9-11-25(29)26-12-5-13-27-14-16-28(17-15-27)19-21-6-3-2-4-7-21/h2-4,6-8,10,20,23H,5,9,11-19H2,1H3,(H,26,29)/t20-,23-/m0/s1. The number of carbonyl (C=O) groups excluding carboxylic acids is 1. The van der Waals surface area contributed by atoms with E-state index >= 15 is 0 Å². The molecule has 2 aromatic rings. The molecule has 1 amide bonds. The van der Waals surface area contributed by atoms with E-state index < -0.39 is 0 Å². The Morgan fingerprint density at radius 2 is 1.80 bits per heavy atom. The van der Waals surface area contributed by atoms with Gasteiger partial charge in [0.25, 0.3) is 0 Å². The summed E-state index contributed by atoms with van der Waals surface area (Å²) in [6.45, 7) is 9.57. The third-order valence-electron chi connectivity index (χ3n) is 6.44. The van der Waals surface area contributed by atoms with Crippen molar-refractivity contribution in [1.82, 2.24) is 15.1 Å². The molecule has 4 rings (SSSR count). The summed E-state index contributed by atoms with van der Waals surface area (Å²) in [7, 11) is 0. The van der Waals surface area contributed by atoms with Gasteiger partial charge in [0.2, 0.25) is 5.91 Å². The van der Waals surface area contributed by atoms with E-state index in [1.165, 1.54) is 12.0 Å². The molecule has 1 aliphatic carbocycles. The number of piperazine rings is 1. The van der Waals surface area contributed by atoms with Crippen LogP contribution in [0, 0.1) is 5.92 Å². The summed E-state index contributed by atoms with van der Waals surface area (Å²) < 4.78 is 5.89. The molecule has 2 aliphatic rings. The number of benzene rings is 1. The van der Waals surface area contributed by atoms with Gasteiger partial charge in [0.1, 0.15) is 11.5 Å². The number of rotatable bonds is 10. The molecule has 1 saturated carbocycles. The lowest BCUT2D eigenvalue weighted by atomic mass is 10.2. The third kappa shape index (κ3) is 6.19. The summed E-state index contributed by atoms with van der Waals surface area (Å²) in [6, 6.07) is 14.8. The van der Waals surface area contributed by atoms with Crippen LogP contribution in [0.1, 0.15) is 49.2 Å². The van der Waals surface area contributed by atoms with Crippen LogP contribution in [-0.4, -0.2) is 55.0 Å². The van der Waals surface area contributed by atoms with Gasteiger partial charge in [0, 0.05) is 58.0 Å². The van der Waals surface area contributed by atoms with Crippen molar-refractivity contribution < 1.29 is 9.21 Å². The molecule has 2 heterocycles. The SMILES string of the molecule is C[C@H]1C[C@@H]1c1ccc(CCC(=O)NCCCN2CCN(Cc3ccccc3)CC2)o1. The molecule has 162 valence electrons. The van der Waals surface area contributed by atoms with E-state index in [1.807, 2.05) is 6.07 Å². The zero-order valence-electron chi connectivity index (χ0n) is 18.2. The summed E-state index contributed by atoms with van der Waals surface area (Å²) in [5.74, 6) is 3.52. The molecule has 30 heavy (non-hydrogen) atoms. The zero-order valence-corrected chi connectivity index (χ0v) is 18.2. The molecule has 2 atom stereocenters. The van der Waals surface area contributed by atoms with Gasteiger partial charge in [-0.15, -0.1) is 0 Å². The van der Waals surface area contributed by atoms with Gasteiger partial charge in [-0.3, -0.25) is 9.69 Å². The van der Waals surface area contributed by atoms with E-state index in [1.54, 1.807) is 0 Å². The van der Waals surface area contributed by atoms with Crippen LogP contribution in [0.25, 0.3) is 0 Å². The Kier molecular flexibility index (Phi) is 7.24. The Hall–Kier alpha value is -2.11. The smallest absolute Gasteiger partial charge is 0.220 e. The van der Waals surface area contributed by atoms with Gasteiger partial charge in [0.05, 0.1) is 0 Å². The molecule has 1 aliphatic heterocycles. The Balaban J connectivity index is 1.05. The second kappa shape index (κ2) is 10.3. The Bertz CT molecular complexity index is 796. The molecule has 1 N–H and O–H groups in total. The second-order valence-electron chi connectivity index (χ2n) is 8.93. The zero-order chi connectivity index (χ0) is 20.8. The van der Waals surface area contributed by atoms with Crippen molar-refractivity contribution >= 4 is 5.91 Å². The predicted molar refractivity (Wildman–Crippen MR) is 119 cm³/mol. The maximum atomic E-state index is 12.1. The minimum atomic E-state index is 0.125. The van der Waals surface area contributed by atoms with E-state index in [-0.39, 0.29) is 5.91 Å². The average Bonchev–Trinajstić information content (AvgIpc) is 3.31. The topological polar surface area (TPSA) is 48.7 Å². The molecule has 0 spiro atoms. The molecule has 1 aromatic carbocycles. The molecule has 0 unspecified atom stereocenters. The van der Waals surface area contributed by atoms with E-state index in [0.717, 1.165) is 69.7 Å². The Morgan fingerprint density at radius 1 is 1.07 bits per heavy atom. The Morgan fingerprint density at radius 3 is 2.53 bits per heavy atom. The van der Waals surface area contributed by atoms with Crippen LogP contribution in [0.5, 0.6) is 0 Å². The van der Waals surface area contributed by atoms with Gasteiger partial charge < -0.3 is 14.6 Å². The maximum Gasteiger partial charge on any atom is 0.220 e. The highest BCUT2D eigenvalue weighted by molar-refractivity contribution is 5.76. The lowest BCUT2D eigenvalue weighted by molar-refractivity contribution is -0.121. The fourth-order valence-corrected chi connectivity index (χ4v) is 4.31. The molecule has 5 heteroatoms. The van der Waals surface area contributed by atoms with Crippen molar-refractivity contribution in [2.75, 3.05) is 39.3 Å². The molecule has 1 aromatic heterocycles. The first kappa shape index (κ1) is 21.1. The summed E-state index contributed by atoms with van der Waals surface area (Å²) >= 11 is 0. The number of hydrogen-bond donors (Lipinski definition) is 1. The van der Waals surface area contributed by atoms with E-state index in [0.29, 0.717) is 18.8 Å². The first-order chi connectivity index (χ1) is 14.7. The first-order valence-corrected chi connectivity index (χ1v) is 11.5. The van der Waals surface area contributed by atoms with Gasteiger partial charge in [-0.25, -0.2) is 0 Å². The highest BCUT2D eigenvalue weighted by Gasteiger charge is 2.36. The summed E-state index contributed by atoms with van der Waals surface area (Å²) in [5.41, 5.74) is 1.39. The minimum absolute atomic E-state index is 0.125. The summed E-state index contributed by atoms with van der Waals surface area (Å²) in [5, 5.41) is 3.07. The second-order valence-corrected chi connectivity index (χ2v) is 8.93. The first-order valence-electron chi connectivity index (χ1n) is 11.5. The lowest BCUT2D eigenvalue weighted by Gasteiger charge is -2.34.